The molecule has 5 rings (SSSR count). The molecule has 0 spiro atoms. The van der Waals surface area contributed by atoms with Crippen LogP contribution in [0.4, 0.5) is 0 Å². The van der Waals surface area contributed by atoms with E-state index in [9.17, 15) is 45.0 Å². The highest BCUT2D eigenvalue weighted by atomic mass is 16.7. The number of benzene rings is 2. The molecule has 2 aliphatic rings. The molecular formula is C28H28O14. The number of unbranched alkanes of at least 4 members (excludes halogenated alkanes) is 1. The minimum atomic E-state index is -1.95. The van der Waals surface area contributed by atoms with Gasteiger partial charge in [-0.1, -0.05) is 18.6 Å². The number of hydrogen-bond acceptors (Lipinski definition) is 13. The second kappa shape index (κ2) is 12.1. The topological polar surface area (TPSA) is 226 Å². The summed E-state index contributed by atoms with van der Waals surface area (Å²) in [5.41, 5.74) is -0.380. The maximum atomic E-state index is 13.4. The average molecular weight is 589 g/mol. The van der Waals surface area contributed by atoms with Crippen LogP contribution >= 0.6 is 0 Å². The molecular weight excluding hydrogens is 560 g/mol. The Morgan fingerprint density at radius 1 is 0.929 bits per heavy atom. The summed E-state index contributed by atoms with van der Waals surface area (Å²) in [4.78, 5) is 37.5. The van der Waals surface area contributed by atoms with Crippen molar-refractivity contribution in [1.82, 2.24) is 0 Å². The van der Waals surface area contributed by atoms with Crippen molar-refractivity contribution in [1.29, 1.82) is 0 Å². The number of phenolic OH excluding ortho intramolecular Hbond substituents is 1. The second-order valence-corrected chi connectivity index (χ2v) is 9.91. The Balaban J connectivity index is 1.43. The predicted molar refractivity (Wildman–Crippen MR) is 140 cm³/mol. The number of phenols is 1. The van der Waals surface area contributed by atoms with Gasteiger partial charge in [-0.15, -0.1) is 0 Å². The lowest BCUT2D eigenvalue weighted by atomic mass is 9.99. The standard InChI is InChI=1S/C28H28O14/c29-14-10-9-12(11-17(14)40-28-22(34)20(32)21(33)25(42-28)26(35)36)23-24(19(31)13-5-1-2-6-15(13)38-23)41-18(30)8-4-3-7-16-27(37)39-16/h1-2,5-6,9-11,16,20-22,25,27-29,32-34,37H,3-4,7-8H2,(H,35,36)/t16?,20?,21?,22?,25-,27?,28?/m0/s1. The lowest BCUT2D eigenvalue weighted by molar-refractivity contribution is -0.271. The van der Waals surface area contributed by atoms with Crippen LogP contribution in [0.1, 0.15) is 25.7 Å². The number of carboxylic acids is 1. The second-order valence-electron chi connectivity index (χ2n) is 9.91. The number of ether oxygens (including phenoxy) is 4. The van der Waals surface area contributed by atoms with Crippen molar-refractivity contribution in [2.24, 2.45) is 0 Å². The third-order valence-electron chi connectivity index (χ3n) is 6.93. The molecule has 14 heteroatoms. The average Bonchev–Trinajstić information content (AvgIpc) is 3.68. The summed E-state index contributed by atoms with van der Waals surface area (Å²) in [7, 11) is 0. The van der Waals surface area contributed by atoms with Gasteiger partial charge in [0.2, 0.25) is 17.5 Å². The highest BCUT2D eigenvalue weighted by Gasteiger charge is 2.48. The first-order chi connectivity index (χ1) is 20.0. The molecule has 14 nitrogen and oxygen atoms in total. The number of carboxylic acid groups (broad SMARTS) is 1. The van der Waals surface area contributed by atoms with Crippen molar-refractivity contribution in [2.75, 3.05) is 0 Å². The maximum absolute atomic E-state index is 13.4. The predicted octanol–water partition coefficient (Wildman–Crippen LogP) is 0.620. The van der Waals surface area contributed by atoms with Gasteiger partial charge >= 0.3 is 11.9 Å². The molecule has 0 amide bonds. The van der Waals surface area contributed by atoms with Crippen LogP contribution in [-0.2, 0) is 19.1 Å². The molecule has 3 aromatic rings. The number of esters is 1. The van der Waals surface area contributed by atoms with E-state index in [0.29, 0.717) is 19.3 Å². The minimum absolute atomic E-state index is 0.0334. The highest BCUT2D eigenvalue weighted by molar-refractivity contribution is 5.84. The first-order valence-electron chi connectivity index (χ1n) is 13.1. The summed E-state index contributed by atoms with van der Waals surface area (Å²) in [6.07, 6.45) is -9.04. The van der Waals surface area contributed by atoms with Gasteiger partial charge in [-0.3, -0.25) is 9.59 Å². The fraction of sp³-hybridized carbons (Fsp3) is 0.393. The van der Waals surface area contributed by atoms with Gasteiger partial charge in [0.15, 0.2) is 29.7 Å². The van der Waals surface area contributed by atoms with E-state index in [1.54, 1.807) is 12.1 Å². The van der Waals surface area contributed by atoms with Crippen molar-refractivity contribution in [3.8, 4) is 28.6 Å². The first-order valence-corrected chi connectivity index (χ1v) is 13.1. The molecule has 2 aliphatic heterocycles. The zero-order valence-electron chi connectivity index (χ0n) is 21.9. The number of carbonyl (C=O) groups is 2. The molecule has 0 saturated carbocycles. The van der Waals surface area contributed by atoms with E-state index in [0.717, 1.165) is 6.07 Å². The molecule has 42 heavy (non-hydrogen) atoms. The molecule has 6 N–H and O–H groups in total. The van der Waals surface area contributed by atoms with Gasteiger partial charge in [0.05, 0.1) is 5.39 Å². The van der Waals surface area contributed by atoms with Crippen LogP contribution in [0.15, 0.2) is 51.7 Å². The van der Waals surface area contributed by atoms with Crippen molar-refractivity contribution < 1.29 is 63.6 Å². The number of aromatic hydroxyl groups is 1. The molecule has 7 atom stereocenters. The summed E-state index contributed by atoms with van der Waals surface area (Å²) in [5, 5.41) is 59.4. The lowest BCUT2D eigenvalue weighted by Gasteiger charge is -2.38. The van der Waals surface area contributed by atoms with E-state index >= 15 is 0 Å². The summed E-state index contributed by atoms with van der Waals surface area (Å²) < 4.78 is 26.9. The third-order valence-corrected chi connectivity index (χ3v) is 6.93. The SMILES string of the molecule is O=C(CCCCC1OC1O)Oc1c(-c2ccc(O)c(OC3O[C@H](C(=O)O)C(O)C(O)C3O)c2)oc2ccccc2c1=O. The number of aliphatic carboxylic acids is 1. The number of fused-ring (bicyclic) bond motifs is 1. The summed E-state index contributed by atoms with van der Waals surface area (Å²) >= 11 is 0. The molecule has 2 saturated heterocycles. The number of aliphatic hydroxyl groups is 4. The lowest BCUT2D eigenvalue weighted by Crippen LogP contribution is -2.61. The van der Waals surface area contributed by atoms with E-state index in [4.69, 9.17) is 23.4 Å². The van der Waals surface area contributed by atoms with E-state index in [1.165, 1.54) is 24.3 Å². The van der Waals surface area contributed by atoms with E-state index in [2.05, 4.69) is 0 Å². The van der Waals surface area contributed by atoms with Crippen LogP contribution in [0.5, 0.6) is 17.2 Å². The number of aliphatic hydroxyl groups excluding tert-OH is 4. The minimum Gasteiger partial charge on any atom is -0.504 e. The van der Waals surface area contributed by atoms with Crippen LogP contribution in [0, 0.1) is 0 Å². The van der Waals surface area contributed by atoms with Crippen molar-refractivity contribution >= 4 is 22.9 Å². The maximum Gasteiger partial charge on any atom is 0.335 e. The van der Waals surface area contributed by atoms with Gasteiger partial charge in [0.1, 0.15) is 30.0 Å². The Hall–Kier alpha value is -4.05. The normalized spacial score (nSPS) is 27.0. The van der Waals surface area contributed by atoms with Gasteiger partial charge in [-0.05, 0) is 43.2 Å². The van der Waals surface area contributed by atoms with Crippen LogP contribution < -0.4 is 14.9 Å². The Kier molecular flexibility index (Phi) is 8.45. The quantitative estimate of drug-likeness (QED) is 0.108. The van der Waals surface area contributed by atoms with Crippen LogP contribution in [-0.4, -0.2) is 85.7 Å². The molecule has 6 unspecified atom stereocenters. The number of carbonyl (C=O) groups excluding carboxylic acids is 1. The van der Waals surface area contributed by atoms with Crippen LogP contribution in [0.2, 0.25) is 0 Å². The summed E-state index contributed by atoms with van der Waals surface area (Å²) in [6.45, 7) is 0. The number of rotatable bonds is 10. The zero-order chi connectivity index (χ0) is 30.1. The van der Waals surface area contributed by atoms with Crippen molar-refractivity contribution in [2.45, 2.75) is 68.8 Å². The number of hydrogen-bond donors (Lipinski definition) is 6. The first kappa shape index (κ1) is 29.4. The Labute approximate surface area is 236 Å². The van der Waals surface area contributed by atoms with Gasteiger partial charge in [-0.25, -0.2) is 4.79 Å². The fourth-order valence-corrected chi connectivity index (χ4v) is 4.56. The molecule has 1 aromatic heterocycles. The summed E-state index contributed by atoms with van der Waals surface area (Å²) in [5.74, 6) is -3.80. The molecule has 0 radical (unpaired) electrons. The van der Waals surface area contributed by atoms with E-state index in [1.807, 2.05) is 0 Å². The van der Waals surface area contributed by atoms with Crippen molar-refractivity contribution in [3.05, 3.63) is 52.7 Å². The van der Waals surface area contributed by atoms with Gasteiger partial charge in [-0.2, -0.15) is 0 Å². The van der Waals surface area contributed by atoms with Crippen molar-refractivity contribution in [3.63, 3.8) is 0 Å². The Morgan fingerprint density at radius 2 is 1.67 bits per heavy atom. The molecule has 2 fully saturated rings. The smallest absolute Gasteiger partial charge is 0.335 e. The number of epoxide rings is 1. The monoisotopic (exact) mass is 588 g/mol. The largest absolute Gasteiger partial charge is 0.504 e. The van der Waals surface area contributed by atoms with Gasteiger partial charge < -0.3 is 54.0 Å². The highest BCUT2D eigenvalue weighted by Crippen LogP contribution is 2.38. The molecule has 3 heterocycles. The Morgan fingerprint density at radius 3 is 2.38 bits per heavy atom. The molecule has 0 bridgehead atoms. The Bertz CT molecular complexity index is 1530. The number of para-hydroxylation sites is 1. The third kappa shape index (κ3) is 6.09. The van der Waals surface area contributed by atoms with Gasteiger partial charge in [0.25, 0.3) is 0 Å². The zero-order valence-corrected chi connectivity index (χ0v) is 21.9. The molecule has 224 valence electrons. The summed E-state index contributed by atoms with van der Waals surface area (Å²) in [6, 6.07) is 9.92. The van der Waals surface area contributed by atoms with E-state index in [-0.39, 0.29) is 40.6 Å². The fourth-order valence-electron chi connectivity index (χ4n) is 4.56. The molecule has 0 aliphatic carbocycles. The van der Waals surface area contributed by atoms with Crippen LogP contribution in [0.3, 0.4) is 0 Å². The van der Waals surface area contributed by atoms with Crippen LogP contribution in [0.25, 0.3) is 22.3 Å². The van der Waals surface area contributed by atoms with E-state index < -0.39 is 65.9 Å². The van der Waals surface area contributed by atoms with Gasteiger partial charge in [0, 0.05) is 12.0 Å². The molecule has 2 aromatic carbocycles.